The SMILES string of the molecule is CC(C)c1c(C(=O)NCc2cccc(S(N)(=O)=O)c2)cnn1-c1ccccn1. The number of primary sulfonamides is 1. The highest BCUT2D eigenvalue weighted by molar-refractivity contribution is 7.89. The largest absolute Gasteiger partial charge is 0.348 e. The predicted octanol–water partition coefficient (Wildman–Crippen LogP) is 1.97. The number of rotatable bonds is 6. The second-order valence-corrected chi connectivity index (χ2v) is 8.13. The van der Waals surface area contributed by atoms with Gasteiger partial charge in [0.15, 0.2) is 5.82 Å². The minimum Gasteiger partial charge on any atom is -0.348 e. The summed E-state index contributed by atoms with van der Waals surface area (Å²) in [6.07, 6.45) is 3.18. The summed E-state index contributed by atoms with van der Waals surface area (Å²) in [5.41, 5.74) is 1.82. The first-order chi connectivity index (χ1) is 13.3. The Morgan fingerprint density at radius 3 is 2.64 bits per heavy atom. The lowest BCUT2D eigenvalue weighted by atomic mass is 10.1. The first-order valence-electron chi connectivity index (χ1n) is 8.66. The van der Waals surface area contributed by atoms with Gasteiger partial charge in [0, 0.05) is 12.7 Å². The molecular weight excluding hydrogens is 378 g/mol. The van der Waals surface area contributed by atoms with Crippen LogP contribution in [0.15, 0.2) is 59.8 Å². The zero-order chi connectivity index (χ0) is 20.3. The van der Waals surface area contributed by atoms with Crippen LogP contribution in [0.5, 0.6) is 0 Å². The molecule has 0 unspecified atom stereocenters. The molecule has 0 bridgehead atoms. The molecule has 2 heterocycles. The van der Waals surface area contributed by atoms with E-state index in [4.69, 9.17) is 5.14 Å². The van der Waals surface area contributed by atoms with Crippen molar-refractivity contribution in [3.05, 3.63) is 71.7 Å². The van der Waals surface area contributed by atoms with Crippen molar-refractivity contribution in [2.45, 2.75) is 31.2 Å². The summed E-state index contributed by atoms with van der Waals surface area (Å²) in [6, 6.07) is 11.6. The van der Waals surface area contributed by atoms with Crippen LogP contribution < -0.4 is 10.5 Å². The number of carbonyl (C=O) groups excluding carboxylic acids is 1. The zero-order valence-corrected chi connectivity index (χ0v) is 16.3. The minimum atomic E-state index is -3.79. The number of nitrogens with zero attached hydrogens (tertiary/aromatic N) is 3. The molecule has 1 amide bonds. The summed E-state index contributed by atoms with van der Waals surface area (Å²) in [7, 11) is -3.79. The van der Waals surface area contributed by atoms with E-state index >= 15 is 0 Å². The summed E-state index contributed by atoms with van der Waals surface area (Å²) >= 11 is 0. The normalized spacial score (nSPS) is 11.6. The molecule has 0 aliphatic heterocycles. The minimum absolute atomic E-state index is 0.00471. The molecule has 0 radical (unpaired) electrons. The van der Waals surface area contributed by atoms with Gasteiger partial charge in [-0.15, -0.1) is 0 Å². The first-order valence-corrected chi connectivity index (χ1v) is 10.2. The molecule has 0 aliphatic rings. The number of pyridine rings is 1. The van der Waals surface area contributed by atoms with Gasteiger partial charge >= 0.3 is 0 Å². The highest BCUT2D eigenvalue weighted by Gasteiger charge is 2.21. The number of aromatic nitrogens is 3. The van der Waals surface area contributed by atoms with Crippen molar-refractivity contribution in [2.75, 3.05) is 0 Å². The van der Waals surface area contributed by atoms with E-state index < -0.39 is 10.0 Å². The Bertz CT molecular complexity index is 1090. The highest BCUT2D eigenvalue weighted by atomic mass is 32.2. The second-order valence-electron chi connectivity index (χ2n) is 6.57. The van der Waals surface area contributed by atoms with Gasteiger partial charge in [0.05, 0.1) is 22.3 Å². The molecule has 1 aromatic carbocycles. The van der Waals surface area contributed by atoms with Gasteiger partial charge in [0.1, 0.15) is 0 Å². The molecule has 3 rings (SSSR count). The number of hydrogen-bond donors (Lipinski definition) is 2. The Morgan fingerprint density at radius 2 is 2.00 bits per heavy atom. The van der Waals surface area contributed by atoms with E-state index in [0.29, 0.717) is 16.9 Å². The molecule has 0 spiro atoms. The summed E-state index contributed by atoms with van der Waals surface area (Å²) in [5, 5.41) is 12.3. The standard InChI is InChI=1S/C19H21N5O3S/c1-13(2)18-16(12-23-24(18)17-8-3-4-9-21-17)19(25)22-11-14-6-5-7-15(10-14)28(20,26)27/h3-10,12-13H,11H2,1-2H3,(H,22,25)(H2,20,26,27). The number of nitrogens with one attached hydrogen (secondary N) is 1. The zero-order valence-electron chi connectivity index (χ0n) is 15.5. The van der Waals surface area contributed by atoms with Crippen LogP contribution in [0.4, 0.5) is 0 Å². The van der Waals surface area contributed by atoms with Gasteiger partial charge in [0.2, 0.25) is 10.0 Å². The molecule has 3 N–H and O–H groups in total. The Morgan fingerprint density at radius 1 is 1.21 bits per heavy atom. The van der Waals surface area contributed by atoms with Crippen LogP contribution in [0, 0.1) is 0 Å². The lowest BCUT2D eigenvalue weighted by Gasteiger charge is -2.12. The first kappa shape index (κ1) is 19.7. The maximum Gasteiger partial charge on any atom is 0.255 e. The van der Waals surface area contributed by atoms with Crippen molar-refractivity contribution in [1.29, 1.82) is 0 Å². The molecule has 28 heavy (non-hydrogen) atoms. The highest BCUT2D eigenvalue weighted by Crippen LogP contribution is 2.22. The van der Waals surface area contributed by atoms with E-state index in [0.717, 1.165) is 5.69 Å². The molecule has 0 atom stereocenters. The fraction of sp³-hybridized carbons (Fsp3) is 0.211. The van der Waals surface area contributed by atoms with Gasteiger partial charge in [-0.25, -0.2) is 23.2 Å². The molecule has 2 aromatic heterocycles. The predicted molar refractivity (Wildman–Crippen MR) is 104 cm³/mol. The van der Waals surface area contributed by atoms with E-state index in [2.05, 4.69) is 15.4 Å². The third-order valence-corrected chi connectivity index (χ3v) is 5.06. The molecule has 0 aliphatic carbocycles. The third kappa shape index (κ3) is 4.26. The summed E-state index contributed by atoms with van der Waals surface area (Å²) in [5.74, 6) is 0.369. The van der Waals surface area contributed by atoms with E-state index in [9.17, 15) is 13.2 Å². The van der Waals surface area contributed by atoms with E-state index in [1.165, 1.54) is 18.3 Å². The topological polar surface area (TPSA) is 120 Å². The van der Waals surface area contributed by atoms with E-state index in [1.54, 1.807) is 23.0 Å². The number of nitrogens with two attached hydrogens (primary N) is 1. The lowest BCUT2D eigenvalue weighted by Crippen LogP contribution is -2.24. The Kier molecular flexibility index (Phi) is 5.57. The van der Waals surface area contributed by atoms with Gasteiger partial charge in [0.25, 0.3) is 5.91 Å². The monoisotopic (exact) mass is 399 g/mol. The van der Waals surface area contributed by atoms with Crippen molar-refractivity contribution >= 4 is 15.9 Å². The van der Waals surface area contributed by atoms with Gasteiger partial charge in [-0.05, 0) is 35.7 Å². The number of benzene rings is 1. The van der Waals surface area contributed by atoms with Crippen molar-refractivity contribution in [1.82, 2.24) is 20.1 Å². The van der Waals surface area contributed by atoms with Crippen molar-refractivity contribution in [3.8, 4) is 5.82 Å². The molecule has 0 fully saturated rings. The molecule has 0 saturated heterocycles. The molecule has 3 aromatic rings. The smallest absolute Gasteiger partial charge is 0.255 e. The number of carbonyl (C=O) groups is 1. The van der Waals surface area contributed by atoms with Crippen LogP contribution in [0.25, 0.3) is 5.82 Å². The quantitative estimate of drug-likeness (QED) is 0.657. The van der Waals surface area contributed by atoms with Crippen molar-refractivity contribution < 1.29 is 13.2 Å². The third-order valence-electron chi connectivity index (χ3n) is 4.14. The van der Waals surface area contributed by atoms with Crippen LogP contribution >= 0.6 is 0 Å². The van der Waals surface area contributed by atoms with Gasteiger partial charge in [-0.3, -0.25) is 4.79 Å². The summed E-state index contributed by atoms with van der Waals surface area (Å²) in [6.45, 7) is 4.11. The van der Waals surface area contributed by atoms with Crippen LogP contribution in [0.3, 0.4) is 0 Å². The van der Waals surface area contributed by atoms with Gasteiger partial charge in [-0.2, -0.15) is 5.10 Å². The van der Waals surface area contributed by atoms with Gasteiger partial charge < -0.3 is 5.32 Å². The molecule has 146 valence electrons. The lowest BCUT2D eigenvalue weighted by molar-refractivity contribution is 0.0949. The number of sulfonamides is 1. The Labute approximate surface area is 163 Å². The van der Waals surface area contributed by atoms with Crippen LogP contribution in [0.2, 0.25) is 0 Å². The fourth-order valence-corrected chi connectivity index (χ4v) is 3.44. The Hall–Kier alpha value is -3.04. The fourth-order valence-electron chi connectivity index (χ4n) is 2.86. The van der Waals surface area contributed by atoms with Crippen LogP contribution in [0.1, 0.15) is 41.4 Å². The number of amides is 1. The van der Waals surface area contributed by atoms with Crippen molar-refractivity contribution in [2.24, 2.45) is 5.14 Å². The second kappa shape index (κ2) is 7.91. The molecule has 9 heteroatoms. The van der Waals surface area contributed by atoms with Gasteiger partial charge in [-0.1, -0.05) is 32.0 Å². The van der Waals surface area contributed by atoms with Crippen LogP contribution in [-0.2, 0) is 16.6 Å². The van der Waals surface area contributed by atoms with E-state index in [-0.39, 0.29) is 23.3 Å². The van der Waals surface area contributed by atoms with E-state index in [1.807, 2.05) is 32.0 Å². The maximum absolute atomic E-state index is 12.7. The molecule has 0 saturated carbocycles. The summed E-state index contributed by atoms with van der Waals surface area (Å²) < 4.78 is 24.6. The maximum atomic E-state index is 12.7. The average molecular weight is 399 g/mol. The van der Waals surface area contributed by atoms with Crippen LogP contribution in [-0.4, -0.2) is 29.1 Å². The number of hydrogen-bond acceptors (Lipinski definition) is 5. The van der Waals surface area contributed by atoms with Crippen molar-refractivity contribution in [3.63, 3.8) is 0 Å². The molecule has 8 nitrogen and oxygen atoms in total. The average Bonchev–Trinajstić information content (AvgIpc) is 3.12. The summed E-state index contributed by atoms with van der Waals surface area (Å²) in [4.78, 5) is 17.0. The Balaban J connectivity index is 1.83. The molecular formula is C19H21N5O3S.